The molecule has 0 fully saturated rings. The Morgan fingerprint density at radius 2 is 2.22 bits per heavy atom. The first-order valence-electron chi connectivity index (χ1n) is 2.58. The van der Waals surface area contributed by atoms with Crippen molar-refractivity contribution in [3.8, 4) is 0 Å². The monoisotopic (exact) mass is 123 g/mol. The van der Waals surface area contributed by atoms with E-state index in [0.717, 1.165) is 5.57 Å². The summed E-state index contributed by atoms with van der Waals surface area (Å²) in [7, 11) is 0. The van der Waals surface area contributed by atoms with Crippen molar-refractivity contribution in [3.05, 3.63) is 41.9 Å². The molecule has 0 aliphatic heterocycles. The third-order valence-electron chi connectivity index (χ3n) is 0.841. The first-order valence-corrected chi connectivity index (χ1v) is 2.58. The predicted octanol–water partition coefficient (Wildman–Crippen LogP) is 2.05. The van der Waals surface area contributed by atoms with Gasteiger partial charge in [-0.05, 0) is 5.57 Å². The molecule has 0 aromatic carbocycles. The molecule has 0 aromatic heterocycles. The second-order valence-corrected chi connectivity index (χ2v) is 1.47. The molecule has 0 saturated carbocycles. The minimum atomic E-state index is 0.176. The topological polar surface area (TPSA) is 29.4 Å². The van der Waals surface area contributed by atoms with Crippen LogP contribution in [-0.4, -0.2) is 6.54 Å². The molecule has 0 aliphatic carbocycles. The normalized spacial score (nSPS) is 10.4. The Morgan fingerprint density at radius 3 is 2.56 bits per heavy atom. The molecule has 0 rings (SSSR count). The zero-order valence-corrected chi connectivity index (χ0v) is 5.21. The van der Waals surface area contributed by atoms with Crippen molar-refractivity contribution in [2.75, 3.05) is 6.54 Å². The molecule has 0 amide bonds. The average Bonchev–Trinajstić information content (AvgIpc) is 1.88. The summed E-state index contributed by atoms with van der Waals surface area (Å²) in [6.45, 7) is 7.12. The van der Waals surface area contributed by atoms with Gasteiger partial charge in [0.1, 0.15) is 6.54 Å². The number of hydrogen-bond acceptors (Lipinski definition) is 2. The minimum absolute atomic E-state index is 0.176. The Bertz CT molecular complexity index is 147. The van der Waals surface area contributed by atoms with Crippen molar-refractivity contribution in [2.24, 2.45) is 5.18 Å². The van der Waals surface area contributed by atoms with Crippen LogP contribution in [0, 0.1) is 4.91 Å². The van der Waals surface area contributed by atoms with Gasteiger partial charge in [-0.15, -0.1) is 0 Å². The fourth-order valence-electron chi connectivity index (χ4n) is 0.411. The van der Waals surface area contributed by atoms with Gasteiger partial charge < -0.3 is 0 Å². The van der Waals surface area contributed by atoms with Crippen LogP contribution in [0.1, 0.15) is 0 Å². The molecule has 0 aromatic rings. The van der Waals surface area contributed by atoms with E-state index in [4.69, 9.17) is 0 Å². The lowest BCUT2D eigenvalue weighted by molar-refractivity contribution is 1.17. The molecular formula is C7H9NO. The van der Waals surface area contributed by atoms with E-state index in [0.29, 0.717) is 0 Å². The number of nitrogens with zero attached hydrogens (tertiary/aromatic N) is 1. The van der Waals surface area contributed by atoms with Crippen molar-refractivity contribution in [2.45, 2.75) is 0 Å². The Morgan fingerprint density at radius 1 is 1.56 bits per heavy atom. The summed E-state index contributed by atoms with van der Waals surface area (Å²) in [4.78, 5) is 9.68. The van der Waals surface area contributed by atoms with Crippen molar-refractivity contribution >= 4 is 0 Å². The van der Waals surface area contributed by atoms with Crippen molar-refractivity contribution in [1.29, 1.82) is 0 Å². The van der Waals surface area contributed by atoms with Crippen LogP contribution < -0.4 is 0 Å². The van der Waals surface area contributed by atoms with E-state index in [1.54, 1.807) is 18.2 Å². The van der Waals surface area contributed by atoms with E-state index in [1.165, 1.54) is 0 Å². The molecule has 48 valence electrons. The maximum absolute atomic E-state index is 9.68. The van der Waals surface area contributed by atoms with E-state index < -0.39 is 0 Å². The van der Waals surface area contributed by atoms with Crippen LogP contribution in [0.15, 0.2) is 42.1 Å². The summed E-state index contributed by atoms with van der Waals surface area (Å²) >= 11 is 0. The Labute approximate surface area is 54.6 Å². The number of nitroso groups, excluding NO2 is 1. The van der Waals surface area contributed by atoms with Gasteiger partial charge in [0, 0.05) is 0 Å². The highest BCUT2D eigenvalue weighted by atomic mass is 16.3. The zero-order valence-electron chi connectivity index (χ0n) is 5.21. The van der Waals surface area contributed by atoms with Gasteiger partial charge in [0.15, 0.2) is 0 Å². The molecule has 0 atom stereocenters. The molecule has 9 heavy (non-hydrogen) atoms. The second-order valence-electron chi connectivity index (χ2n) is 1.47. The molecule has 0 radical (unpaired) electrons. The van der Waals surface area contributed by atoms with Gasteiger partial charge in [-0.2, -0.15) is 4.91 Å². The van der Waals surface area contributed by atoms with E-state index in [9.17, 15) is 4.91 Å². The lowest BCUT2D eigenvalue weighted by Crippen LogP contribution is -1.79. The molecule has 0 aliphatic rings. The lowest BCUT2D eigenvalue weighted by atomic mass is 10.2. The summed E-state index contributed by atoms with van der Waals surface area (Å²) < 4.78 is 0. The van der Waals surface area contributed by atoms with Gasteiger partial charge in [0.25, 0.3) is 0 Å². The van der Waals surface area contributed by atoms with Gasteiger partial charge in [-0.25, -0.2) is 0 Å². The molecule has 2 nitrogen and oxygen atoms in total. The predicted molar refractivity (Wildman–Crippen MR) is 39.1 cm³/mol. The molecule has 0 bridgehead atoms. The molecule has 0 spiro atoms. The maximum atomic E-state index is 9.68. The van der Waals surface area contributed by atoms with Gasteiger partial charge >= 0.3 is 0 Å². The molecule has 0 unspecified atom stereocenters. The average molecular weight is 123 g/mol. The third kappa shape index (κ3) is 3.41. The first-order chi connectivity index (χ1) is 4.35. The quantitative estimate of drug-likeness (QED) is 0.415. The molecular weight excluding hydrogens is 114 g/mol. The lowest BCUT2D eigenvalue weighted by Gasteiger charge is -1.87. The highest BCUT2D eigenvalue weighted by molar-refractivity contribution is 5.22. The Balaban J connectivity index is 3.95. The summed E-state index contributed by atoms with van der Waals surface area (Å²) in [6, 6.07) is 0. The van der Waals surface area contributed by atoms with Gasteiger partial charge in [-0.3, -0.25) is 0 Å². The highest BCUT2D eigenvalue weighted by Crippen LogP contribution is 1.95. The number of hydrogen-bond donors (Lipinski definition) is 0. The van der Waals surface area contributed by atoms with E-state index in [-0.39, 0.29) is 6.54 Å². The van der Waals surface area contributed by atoms with Crippen LogP contribution in [0.3, 0.4) is 0 Å². The Hall–Kier alpha value is -1.18. The second kappa shape index (κ2) is 4.97. The van der Waals surface area contributed by atoms with Crippen molar-refractivity contribution < 1.29 is 0 Å². The molecule has 0 N–H and O–H groups in total. The van der Waals surface area contributed by atoms with Gasteiger partial charge in [0.05, 0.1) is 0 Å². The Kier molecular flexibility index (Phi) is 4.32. The molecule has 0 heterocycles. The summed E-state index contributed by atoms with van der Waals surface area (Å²) in [5.74, 6) is 0. The summed E-state index contributed by atoms with van der Waals surface area (Å²) in [6.07, 6.45) is 4.89. The van der Waals surface area contributed by atoms with Crippen LogP contribution in [0.5, 0.6) is 0 Å². The summed E-state index contributed by atoms with van der Waals surface area (Å²) in [5.41, 5.74) is 0.792. The van der Waals surface area contributed by atoms with E-state index in [1.807, 2.05) is 0 Å². The number of rotatable bonds is 4. The molecule has 0 saturated heterocycles. The van der Waals surface area contributed by atoms with Crippen LogP contribution in [0.4, 0.5) is 0 Å². The zero-order chi connectivity index (χ0) is 7.11. The van der Waals surface area contributed by atoms with E-state index >= 15 is 0 Å². The minimum Gasteiger partial charge on any atom is -0.150 e. The van der Waals surface area contributed by atoms with Gasteiger partial charge in [0.2, 0.25) is 0 Å². The fourth-order valence-corrected chi connectivity index (χ4v) is 0.411. The number of allylic oxidation sites excluding steroid dienone is 2. The van der Waals surface area contributed by atoms with Crippen molar-refractivity contribution in [1.82, 2.24) is 0 Å². The smallest absolute Gasteiger partial charge is 0.106 e. The highest BCUT2D eigenvalue weighted by Gasteiger charge is 1.85. The standard InChI is InChI=1S/C7H9NO/c1-3-5-7(4-2)6-8-9/h3-5H,1-2,6H2/b7-5+. The van der Waals surface area contributed by atoms with Crippen molar-refractivity contribution in [3.63, 3.8) is 0 Å². The summed E-state index contributed by atoms with van der Waals surface area (Å²) in [5, 5.41) is 2.69. The fraction of sp³-hybridized carbons (Fsp3) is 0.143. The first kappa shape index (κ1) is 7.82. The SMILES string of the molecule is C=C/C=C(\C=C)CN=O. The van der Waals surface area contributed by atoms with Crippen LogP contribution >= 0.6 is 0 Å². The largest absolute Gasteiger partial charge is 0.150 e. The van der Waals surface area contributed by atoms with Crippen LogP contribution in [-0.2, 0) is 0 Å². The third-order valence-corrected chi connectivity index (χ3v) is 0.841. The maximum Gasteiger partial charge on any atom is 0.106 e. The van der Waals surface area contributed by atoms with E-state index in [2.05, 4.69) is 18.3 Å². The van der Waals surface area contributed by atoms with Crippen LogP contribution in [0.2, 0.25) is 0 Å². The molecule has 2 heteroatoms. The van der Waals surface area contributed by atoms with Gasteiger partial charge in [-0.1, -0.05) is 36.6 Å². The van der Waals surface area contributed by atoms with Crippen LogP contribution in [0.25, 0.3) is 0 Å².